The molecule has 2 aromatic carbocycles. The average Bonchev–Trinajstić information content (AvgIpc) is 2.73. The average molecular weight is 397 g/mol. The molecule has 29 heavy (non-hydrogen) atoms. The van der Waals surface area contributed by atoms with Gasteiger partial charge in [0, 0.05) is 11.1 Å². The van der Waals surface area contributed by atoms with Gasteiger partial charge in [0.15, 0.2) is 0 Å². The summed E-state index contributed by atoms with van der Waals surface area (Å²) in [6.45, 7) is -0.511. The van der Waals surface area contributed by atoms with Crippen molar-refractivity contribution in [2.75, 3.05) is 0 Å². The van der Waals surface area contributed by atoms with Gasteiger partial charge < -0.3 is 4.74 Å². The smallest absolute Gasteiger partial charge is 0.387 e. The van der Waals surface area contributed by atoms with Crippen LogP contribution >= 0.6 is 0 Å². The van der Waals surface area contributed by atoms with Crippen LogP contribution in [0.1, 0.15) is 68.6 Å². The summed E-state index contributed by atoms with van der Waals surface area (Å²) >= 11 is 0. The van der Waals surface area contributed by atoms with Gasteiger partial charge in [-0.05, 0) is 66.6 Å². The van der Waals surface area contributed by atoms with Crippen LogP contribution in [0.2, 0.25) is 0 Å². The highest BCUT2D eigenvalue weighted by Gasteiger charge is 2.20. The van der Waals surface area contributed by atoms with E-state index in [9.17, 15) is 8.78 Å². The molecule has 0 amide bonds. The highest BCUT2D eigenvalue weighted by molar-refractivity contribution is 5.44. The van der Waals surface area contributed by atoms with Crippen molar-refractivity contribution in [1.29, 1.82) is 0 Å². The number of benzene rings is 2. The summed E-state index contributed by atoms with van der Waals surface area (Å²) in [6, 6.07) is 14.9. The van der Waals surface area contributed by atoms with Gasteiger partial charge in [-0.25, -0.2) is 0 Å². The summed E-state index contributed by atoms with van der Waals surface area (Å²) in [4.78, 5) is 0. The van der Waals surface area contributed by atoms with E-state index < -0.39 is 6.61 Å². The lowest BCUT2D eigenvalue weighted by Crippen LogP contribution is -2.15. The lowest BCUT2D eigenvalue weighted by Gasteiger charge is -2.28. The van der Waals surface area contributed by atoms with Crippen molar-refractivity contribution in [2.24, 2.45) is 11.8 Å². The molecule has 0 unspecified atom stereocenters. The second-order valence-corrected chi connectivity index (χ2v) is 8.06. The molecular weight excluding hydrogens is 366 g/mol. The maximum Gasteiger partial charge on any atom is 0.387 e. The van der Waals surface area contributed by atoms with Gasteiger partial charge in [0.25, 0.3) is 0 Å². The normalized spacial score (nSPS) is 18.9. The molecule has 0 atom stereocenters. The first-order valence-corrected chi connectivity index (χ1v) is 10.8. The van der Waals surface area contributed by atoms with Crippen molar-refractivity contribution in [3.63, 3.8) is 0 Å². The van der Waals surface area contributed by atoms with Crippen LogP contribution < -0.4 is 4.74 Å². The zero-order valence-corrected chi connectivity index (χ0v) is 17.2. The molecule has 0 aliphatic heterocycles. The summed E-state index contributed by atoms with van der Waals surface area (Å²) in [5, 5.41) is 0. The topological polar surface area (TPSA) is 9.23 Å². The molecule has 3 rings (SSSR count). The molecule has 1 saturated carbocycles. The highest BCUT2D eigenvalue weighted by atomic mass is 19.3. The van der Waals surface area contributed by atoms with E-state index in [0.29, 0.717) is 0 Å². The molecule has 1 aliphatic rings. The third kappa shape index (κ3) is 7.20. The maximum atomic E-state index is 12.2. The van der Waals surface area contributed by atoms with E-state index in [2.05, 4.69) is 47.8 Å². The second-order valence-electron chi connectivity index (χ2n) is 8.06. The Bertz CT molecular complexity index is 791. The van der Waals surface area contributed by atoms with E-state index in [0.717, 1.165) is 29.4 Å². The number of hydrogen-bond acceptors (Lipinski definition) is 1. The van der Waals surface area contributed by atoms with Gasteiger partial charge in [0.2, 0.25) is 0 Å². The van der Waals surface area contributed by atoms with E-state index in [1.807, 2.05) is 0 Å². The van der Waals surface area contributed by atoms with Crippen LogP contribution in [0.15, 0.2) is 48.5 Å². The molecule has 1 aliphatic carbocycles. The molecule has 154 valence electrons. The minimum absolute atomic E-state index is 0.147. The Morgan fingerprint density at radius 2 is 1.34 bits per heavy atom. The number of ether oxygens (including phenoxy) is 1. The van der Waals surface area contributed by atoms with Gasteiger partial charge in [-0.3, -0.25) is 0 Å². The molecule has 0 radical (unpaired) electrons. The van der Waals surface area contributed by atoms with Crippen LogP contribution in [0.3, 0.4) is 0 Å². The maximum absolute atomic E-state index is 12.2. The summed E-state index contributed by atoms with van der Waals surface area (Å²) in [5.41, 5.74) is 3.11. The second kappa shape index (κ2) is 11.0. The Morgan fingerprint density at radius 3 is 1.86 bits per heavy atom. The van der Waals surface area contributed by atoms with Crippen molar-refractivity contribution >= 4 is 0 Å². The number of alkyl halides is 2. The molecule has 0 aromatic heterocycles. The molecule has 0 spiro atoms. The molecule has 0 heterocycles. The van der Waals surface area contributed by atoms with Gasteiger partial charge in [0.05, 0.1) is 0 Å². The number of aryl methyl sites for hydroxylation is 1. The fraction of sp³-hybridized carbons (Fsp3) is 0.462. The Hall–Kier alpha value is -2.34. The van der Waals surface area contributed by atoms with Crippen LogP contribution in [0.5, 0.6) is 5.75 Å². The van der Waals surface area contributed by atoms with Crippen LogP contribution in [0.4, 0.5) is 8.78 Å². The molecule has 2 aromatic rings. The number of halogens is 2. The standard InChI is InChI=1S/C26H30F2O/c1-2-3-20-4-6-21(7-5-20)8-9-22-10-12-23(13-11-22)14-15-24-16-18-25(19-17-24)29-26(27)28/h10-13,16-21,26H,2-9H2,1H3. The van der Waals surface area contributed by atoms with Gasteiger partial charge in [-0.2, -0.15) is 8.78 Å². The van der Waals surface area contributed by atoms with Crippen molar-refractivity contribution in [3.8, 4) is 17.6 Å². The van der Waals surface area contributed by atoms with Gasteiger partial charge in [-0.1, -0.05) is 69.4 Å². The van der Waals surface area contributed by atoms with Crippen molar-refractivity contribution in [2.45, 2.75) is 64.9 Å². The van der Waals surface area contributed by atoms with Crippen LogP contribution in [-0.4, -0.2) is 6.61 Å². The highest BCUT2D eigenvalue weighted by Crippen LogP contribution is 2.33. The molecule has 1 fully saturated rings. The van der Waals surface area contributed by atoms with Gasteiger partial charge >= 0.3 is 6.61 Å². The summed E-state index contributed by atoms with van der Waals surface area (Å²) < 4.78 is 28.7. The quantitative estimate of drug-likeness (QED) is 0.449. The number of rotatable bonds is 7. The van der Waals surface area contributed by atoms with Gasteiger partial charge in [0.1, 0.15) is 5.75 Å². The largest absolute Gasteiger partial charge is 0.435 e. The lowest BCUT2D eigenvalue weighted by molar-refractivity contribution is -0.0498. The monoisotopic (exact) mass is 396 g/mol. The summed E-state index contributed by atoms with van der Waals surface area (Å²) in [7, 11) is 0. The van der Waals surface area contributed by atoms with Crippen molar-refractivity contribution in [1.82, 2.24) is 0 Å². The van der Waals surface area contributed by atoms with E-state index in [-0.39, 0.29) is 5.75 Å². The Balaban J connectivity index is 1.46. The first-order chi connectivity index (χ1) is 14.1. The zero-order valence-electron chi connectivity index (χ0n) is 17.2. The van der Waals surface area contributed by atoms with Crippen molar-refractivity contribution < 1.29 is 13.5 Å². The predicted octanol–water partition coefficient (Wildman–Crippen LogP) is 7.23. The van der Waals surface area contributed by atoms with Crippen molar-refractivity contribution in [3.05, 3.63) is 65.2 Å². The molecule has 0 saturated heterocycles. The fourth-order valence-corrected chi connectivity index (χ4v) is 4.21. The first kappa shape index (κ1) is 21.4. The number of hydrogen-bond donors (Lipinski definition) is 0. The van der Waals surface area contributed by atoms with E-state index >= 15 is 0 Å². The minimum Gasteiger partial charge on any atom is -0.435 e. The van der Waals surface area contributed by atoms with E-state index in [4.69, 9.17) is 0 Å². The first-order valence-electron chi connectivity index (χ1n) is 10.8. The SMILES string of the molecule is CCCC1CCC(CCc2ccc(C#Cc3ccc(OC(F)F)cc3)cc2)CC1. The Kier molecular flexibility index (Phi) is 8.11. The van der Waals surface area contributed by atoms with Crippen LogP contribution in [0, 0.1) is 23.7 Å². The molecule has 0 N–H and O–H groups in total. The van der Waals surface area contributed by atoms with Crippen LogP contribution in [0.25, 0.3) is 0 Å². The molecule has 1 nitrogen and oxygen atoms in total. The zero-order chi connectivity index (χ0) is 20.5. The third-order valence-corrected chi connectivity index (χ3v) is 5.89. The predicted molar refractivity (Wildman–Crippen MR) is 114 cm³/mol. The Morgan fingerprint density at radius 1 is 0.828 bits per heavy atom. The summed E-state index contributed by atoms with van der Waals surface area (Å²) in [6.07, 6.45) is 10.8. The molecular formula is C26H30F2O. The van der Waals surface area contributed by atoms with Gasteiger partial charge in [-0.15, -0.1) is 0 Å². The molecule has 0 bridgehead atoms. The fourth-order valence-electron chi connectivity index (χ4n) is 4.21. The minimum atomic E-state index is -2.80. The van der Waals surface area contributed by atoms with Crippen LogP contribution in [-0.2, 0) is 6.42 Å². The Labute approximate surface area is 173 Å². The van der Waals surface area contributed by atoms with E-state index in [1.54, 1.807) is 12.1 Å². The van der Waals surface area contributed by atoms with E-state index in [1.165, 1.54) is 62.6 Å². The summed E-state index contributed by atoms with van der Waals surface area (Å²) in [5.74, 6) is 8.21. The molecule has 3 heteroatoms. The lowest BCUT2D eigenvalue weighted by atomic mass is 9.78. The third-order valence-electron chi connectivity index (χ3n) is 5.89.